The first-order chi connectivity index (χ1) is 8.06. The van der Waals surface area contributed by atoms with Gasteiger partial charge in [0.1, 0.15) is 6.04 Å². The number of carboxylic acids is 1. The van der Waals surface area contributed by atoms with Crippen LogP contribution in [0.5, 0.6) is 0 Å². The van der Waals surface area contributed by atoms with Crippen LogP contribution in [-0.2, 0) is 9.59 Å². The van der Waals surface area contributed by atoms with E-state index in [9.17, 15) is 9.59 Å². The number of nitrogens with one attached hydrogen (secondary N) is 1. The van der Waals surface area contributed by atoms with Crippen molar-refractivity contribution in [3.05, 3.63) is 11.1 Å². The lowest BCUT2D eigenvalue weighted by molar-refractivity contribution is -0.141. The summed E-state index contributed by atoms with van der Waals surface area (Å²) in [7, 11) is 0. The SMILES string of the molecule is CCCCC(NC(=O)C1=C(C)CCC1)C(=O)O. The van der Waals surface area contributed by atoms with Crippen LogP contribution in [0.2, 0.25) is 0 Å². The second-order valence-electron chi connectivity index (χ2n) is 4.62. The summed E-state index contributed by atoms with van der Waals surface area (Å²) >= 11 is 0. The van der Waals surface area contributed by atoms with Crippen LogP contribution in [0.15, 0.2) is 11.1 Å². The molecule has 0 radical (unpaired) electrons. The normalized spacial score (nSPS) is 17.1. The number of carboxylic acid groups (broad SMARTS) is 1. The van der Waals surface area contributed by atoms with Gasteiger partial charge in [-0.05, 0) is 32.6 Å². The number of carbonyl (C=O) groups excluding carboxylic acids is 1. The first-order valence-corrected chi connectivity index (χ1v) is 6.28. The zero-order chi connectivity index (χ0) is 12.8. The standard InChI is InChI=1S/C13H21NO3/c1-3-4-8-11(13(16)17)14-12(15)10-7-5-6-9(10)2/h11H,3-8H2,1-2H3,(H,14,15)(H,16,17). The van der Waals surface area contributed by atoms with Crippen LogP contribution in [0.4, 0.5) is 0 Å². The Morgan fingerprint density at radius 3 is 2.59 bits per heavy atom. The summed E-state index contributed by atoms with van der Waals surface area (Å²) < 4.78 is 0. The Bertz CT molecular complexity index is 334. The van der Waals surface area contributed by atoms with E-state index < -0.39 is 12.0 Å². The van der Waals surface area contributed by atoms with Gasteiger partial charge in [0.2, 0.25) is 5.91 Å². The van der Waals surface area contributed by atoms with Crippen LogP contribution in [-0.4, -0.2) is 23.0 Å². The highest BCUT2D eigenvalue weighted by Gasteiger charge is 2.23. The molecule has 1 aliphatic rings. The number of hydrogen-bond acceptors (Lipinski definition) is 2. The van der Waals surface area contributed by atoms with Crippen molar-refractivity contribution in [2.45, 2.75) is 58.4 Å². The van der Waals surface area contributed by atoms with Crippen molar-refractivity contribution in [2.75, 3.05) is 0 Å². The van der Waals surface area contributed by atoms with E-state index in [0.29, 0.717) is 6.42 Å². The third-order valence-corrected chi connectivity index (χ3v) is 3.22. The molecule has 4 heteroatoms. The molecular formula is C13H21NO3. The second-order valence-corrected chi connectivity index (χ2v) is 4.62. The van der Waals surface area contributed by atoms with Crippen molar-refractivity contribution in [3.8, 4) is 0 Å². The minimum absolute atomic E-state index is 0.191. The molecule has 0 aromatic rings. The molecule has 4 nitrogen and oxygen atoms in total. The van der Waals surface area contributed by atoms with Crippen LogP contribution >= 0.6 is 0 Å². The van der Waals surface area contributed by atoms with Crippen LogP contribution in [0.3, 0.4) is 0 Å². The van der Waals surface area contributed by atoms with Crippen molar-refractivity contribution in [3.63, 3.8) is 0 Å². The first kappa shape index (κ1) is 13.7. The minimum Gasteiger partial charge on any atom is -0.480 e. The molecule has 0 spiro atoms. The monoisotopic (exact) mass is 239 g/mol. The molecule has 17 heavy (non-hydrogen) atoms. The molecule has 0 saturated carbocycles. The molecule has 1 rings (SSSR count). The molecule has 1 unspecified atom stereocenters. The lowest BCUT2D eigenvalue weighted by atomic mass is 10.1. The Kier molecular flexibility index (Phi) is 5.19. The maximum absolute atomic E-state index is 11.9. The Hall–Kier alpha value is -1.32. The fourth-order valence-corrected chi connectivity index (χ4v) is 2.11. The van der Waals surface area contributed by atoms with Crippen molar-refractivity contribution < 1.29 is 14.7 Å². The number of amides is 1. The van der Waals surface area contributed by atoms with Gasteiger partial charge in [-0.3, -0.25) is 4.79 Å². The number of carbonyl (C=O) groups is 2. The quantitative estimate of drug-likeness (QED) is 0.747. The Morgan fingerprint density at radius 1 is 1.41 bits per heavy atom. The molecule has 0 aromatic heterocycles. The zero-order valence-corrected chi connectivity index (χ0v) is 10.6. The van der Waals surface area contributed by atoms with E-state index in [-0.39, 0.29) is 5.91 Å². The highest BCUT2D eigenvalue weighted by molar-refractivity contribution is 5.96. The third-order valence-electron chi connectivity index (χ3n) is 3.22. The number of aliphatic carboxylic acids is 1. The molecule has 96 valence electrons. The fourth-order valence-electron chi connectivity index (χ4n) is 2.11. The van der Waals surface area contributed by atoms with E-state index in [2.05, 4.69) is 5.32 Å². The van der Waals surface area contributed by atoms with Gasteiger partial charge in [0, 0.05) is 5.57 Å². The van der Waals surface area contributed by atoms with Gasteiger partial charge in [-0.1, -0.05) is 25.3 Å². The van der Waals surface area contributed by atoms with Gasteiger partial charge < -0.3 is 10.4 Å². The third kappa shape index (κ3) is 3.88. The van der Waals surface area contributed by atoms with Crippen molar-refractivity contribution in [2.24, 2.45) is 0 Å². The van der Waals surface area contributed by atoms with Crippen LogP contribution in [0.25, 0.3) is 0 Å². The summed E-state index contributed by atoms with van der Waals surface area (Å²) in [5, 5.41) is 11.7. The molecule has 0 bridgehead atoms. The topological polar surface area (TPSA) is 66.4 Å². The summed E-state index contributed by atoms with van der Waals surface area (Å²) in [6.45, 7) is 3.95. The lowest BCUT2D eigenvalue weighted by Crippen LogP contribution is -2.41. The van der Waals surface area contributed by atoms with Crippen molar-refractivity contribution >= 4 is 11.9 Å². The fraction of sp³-hybridized carbons (Fsp3) is 0.692. The van der Waals surface area contributed by atoms with Gasteiger partial charge in [-0.25, -0.2) is 4.79 Å². The zero-order valence-electron chi connectivity index (χ0n) is 10.6. The van der Waals surface area contributed by atoms with E-state index in [1.165, 1.54) is 0 Å². The number of hydrogen-bond donors (Lipinski definition) is 2. The second kappa shape index (κ2) is 6.42. The van der Waals surface area contributed by atoms with Gasteiger partial charge in [-0.15, -0.1) is 0 Å². The molecule has 0 saturated heterocycles. The average Bonchev–Trinajstić information content (AvgIpc) is 2.70. The van der Waals surface area contributed by atoms with Gasteiger partial charge in [0.15, 0.2) is 0 Å². The number of unbranched alkanes of at least 4 members (excludes halogenated alkanes) is 1. The molecule has 0 fully saturated rings. The highest BCUT2D eigenvalue weighted by atomic mass is 16.4. The smallest absolute Gasteiger partial charge is 0.326 e. The molecule has 0 aromatic carbocycles. The van der Waals surface area contributed by atoms with Crippen molar-refractivity contribution in [1.82, 2.24) is 5.32 Å². The van der Waals surface area contributed by atoms with E-state index in [0.717, 1.165) is 43.3 Å². The largest absolute Gasteiger partial charge is 0.480 e. The lowest BCUT2D eigenvalue weighted by Gasteiger charge is -2.15. The molecule has 1 amide bonds. The maximum atomic E-state index is 11.9. The van der Waals surface area contributed by atoms with E-state index in [1.54, 1.807) is 0 Å². The number of allylic oxidation sites excluding steroid dienone is 1. The minimum atomic E-state index is -0.942. The van der Waals surface area contributed by atoms with Crippen LogP contribution in [0.1, 0.15) is 52.4 Å². The summed E-state index contributed by atoms with van der Waals surface area (Å²) in [5.41, 5.74) is 1.88. The Balaban J connectivity index is 2.58. The van der Waals surface area contributed by atoms with Crippen LogP contribution < -0.4 is 5.32 Å². The molecule has 0 heterocycles. The highest BCUT2D eigenvalue weighted by Crippen LogP contribution is 2.25. The van der Waals surface area contributed by atoms with Gasteiger partial charge in [0.25, 0.3) is 0 Å². The molecule has 1 atom stereocenters. The average molecular weight is 239 g/mol. The summed E-state index contributed by atoms with van der Waals surface area (Å²) in [6.07, 6.45) is 4.98. The first-order valence-electron chi connectivity index (χ1n) is 6.28. The van der Waals surface area contributed by atoms with Gasteiger partial charge in [0.05, 0.1) is 0 Å². The number of rotatable bonds is 6. The summed E-state index contributed by atoms with van der Waals surface area (Å²) in [6, 6.07) is -0.747. The van der Waals surface area contributed by atoms with E-state index in [4.69, 9.17) is 5.11 Å². The molecule has 1 aliphatic carbocycles. The predicted octanol–water partition coefficient (Wildman–Crippen LogP) is 2.25. The van der Waals surface area contributed by atoms with Gasteiger partial charge >= 0.3 is 5.97 Å². The van der Waals surface area contributed by atoms with E-state index in [1.807, 2.05) is 13.8 Å². The van der Waals surface area contributed by atoms with Crippen molar-refractivity contribution in [1.29, 1.82) is 0 Å². The van der Waals surface area contributed by atoms with E-state index >= 15 is 0 Å². The Morgan fingerprint density at radius 2 is 2.12 bits per heavy atom. The summed E-state index contributed by atoms with van der Waals surface area (Å²) in [5.74, 6) is -1.13. The van der Waals surface area contributed by atoms with Gasteiger partial charge in [-0.2, -0.15) is 0 Å². The van der Waals surface area contributed by atoms with Crippen LogP contribution in [0, 0.1) is 0 Å². The molecular weight excluding hydrogens is 218 g/mol. The summed E-state index contributed by atoms with van der Waals surface area (Å²) in [4.78, 5) is 22.9. The molecule has 2 N–H and O–H groups in total. The predicted molar refractivity (Wildman–Crippen MR) is 65.6 cm³/mol. The molecule has 0 aliphatic heterocycles. The Labute approximate surface area is 102 Å². The maximum Gasteiger partial charge on any atom is 0.326 e.